The summed E-state index contributed by atoms with van der Waals surface area (Å²) in [6.45, 7) is 5.03. The molecule has 2 aliphatic heterocycles. The Bertz CT molecular complexity index is 1300. The second-order valence-electron chi connectivity index (χ2n) is 8.54. The zero-order chi connectivity index (χ0) is 23.7. The molecule has 0 saturated carbocycles. The summed E-state index contributed by atoms with van der Waals surface area (Å²) in [6.07, 6.45) is 2.10. The van der Waals surface area contributed by atoms with Gasteiger partial charge in [-0.2, -0.15) is 10.2 Å². The predicted octanol–water partition coefficient (Wildman–Crippen LogP) is 4.42. The third kappa shape index (κ3) is 3.90. The number of amides is 1. The van der Waals surface area contributed by atoms with Crippen LogP contribution in [0.4, 0.5) is 10.6 Å². The number of aromatic nitrogens is 2. The van der Waals surface area contributed by atoms with Gasteiger partial charge in [0.1, 0.15) is 11.9 Å². The van der Waals surface area contributed by atoms with Crippen LogP contribution in [-0.4, -0.2) is 51.7 Å². The number of nitrogens with zero attached hydrogens (tertiary/aromatic N) is 5. The summed E-state index contributed by atoms with van der Waals surface area (Å²) in [5.41, 5.74) is 2.05. The molecule has 2 aromatic carbocycles. The number of nitriles is 1. The number of ether oxygens (including phenoxy) is 1. The van der Waals surface area contributed by atoms with Crippen LogP contribution >= 0.6 is 0 Å². The fraction of sp³-hybridized carbons (Fsp3) is 0.308. The molecule has 1 N–H and O–H groups in total. The van der Waals surface area contributed by atoms with E-state index >= 15 is 0 Å². The average molecular weight is 456 g/mol. The molecule has 1 amide bonds. The van der Waals surface area contributed by atoms with E-state index in [1.54, 1.807) is 6.08 Å². The van der Waals surface area contributed by atoms with Crippen molar-refractivity contribution < 1.29 is 14.6 Å². The molecule has 0 radical (unpaired) electrons. The standard InChI is InChI=1S/C26H25N5O3/c1-2-23-28-24(30-14-15-31(26(32)33)18(16-30)12-13-27)21-10-11-22(34-25(21)29-23)20-9-5-7-17-6-3-4-8-19(17)20/h2-9,18,22H,1,10-12,14-16H2,(H,32,33). The number of piperazine rings is 1. The molecule has 8 nitrogen and oxygen atoms in total. The first-order chi connectivity index (χ1) is 16.6. The molecule has 1 fully saturated rings. The van der Waals surface area contributed by atoms with Gasteiger partial charge in [-0.3, -0.25) is 0 Å². The lowest BCUT2D eigenvalue weighted by molar-refractivity contribution is 0.118. The Hall–Kier alpha value is -4.12. The zero-order valence-corrected chi connectivity index (χ0v) is 18.7. The number of hydrogen-bond donors (Lipinski definition) is 1. The lowest BCUT2D eigenvalue weighted by Crippen LogP contribution is -2.55. The predicted molar refractivity (Wildman–Crippen MR) is 129 cm³/mol. The number of rotatable bonds is 4. The Morgan fingerprint density at radius 1 is 1.24 bits per heavy atom. The number of carbonyl (C=O) groups is 1. The Morgan fingerprint density at radius 3 is 2.85 bits per heavy atom. The molecule has 34 heavy (non-hydrogen) atoms. The van der Waals surface area contributed by atoms with Gasteiger partial charge < -0.3 is 19.6 Å². The van der Waals surface area contributed by atoms with Crippen LogP contribution in [-0.2, 0) is 6.42 Å². The normalized spacial score (nSPS) is 19.7. The summed E-state index contributed by atoms with van der Waals surface area (Å²) >= 11 is 0. The molecule has 3 heterocycles. The second-order valence-corrected chi connectivity index (χ2v) is 8.54. The summed E-state index contributed by atoms with van der Waals surface area (Å²) in [4.78, 5) is 24.3. The van der Waals surface area contributed by atoms with Gasteiger partial charge in [-0.15, -0.1) is 0 Å². The van der Waals surface area contributed by atoms with Gasteiger partial charge in [0.15, 0.2) is 5.82 Å². The molecule has 172 valence electrons. The van der Waals surface area contributed by atoms with Crippen molar-refractivity contribution in [3.05, 3.63) is 66.0 Å². The number of fused-ring (bicyclic) bond motifs is 2. The van der Waals surface area contributed by atoms with Gasteiger partial charge in [0, 0.05) is 25.2 Å². The first kappa shape index (κ1) is 21.7. The number of benzene rings is 2. The molecule has 1 aromatic heterocycles. The zero-order valence-electron chi connectivity index (χ0n) is 18.7. The van der Waals surface area contributed by atoms with E-state index in [1.807, 2.05) is 18.2 Å². The summed E-state index contributed by atoms with van der Waals surface area (Å²) in [7, 11) is 0. The van der Waals surface area contributed by atoms with Gasteiger partial charge >= 0.3 is 6.09 Å². The number of hydrogen-bond acceptors (Lipinski definition) is 6. The van der Waals surface area contributed by atoms with Crippen LogP contribution in [0.5, 0.6) is 5.88 Å². The summed E-state index contributed by atoms with van der Waals surface area (Å²) in [5, 5.41) is 21.1. The summed E-state index contributed by atoms with van der Waals surface area (Å²) < 4.78 is 6.45. The maximum atomic E-state index is 11.6. The minimum atomic E-state index is -1.00. The van der Waals surface area contributed by atoms with Crippen molar-refractivity contribution in [2.24, 2.45) is 0 Å². The fourth-order valence-corrected chi connectivity index (χ4v) is 4.94. The van der Waals surface area contributed by atoms with Gasteiger partial charge in [0.2, 0.25) is 5.88 Å². The van der Waals surface area contributed by atoms with Crippen molar-refractivity contribution in [3.63, 3.8) is 0 Å². The number of anilines is 1. The van der Waals surface area contributed by atoms with Crippen LogP contribution in [0.2, 0.25) is 0 Å². The van der Waals surface area contributed by atoms with Gasteiger partial charge in [0.05, 0.1) is 24.1 Å². The second kappa shape index (κ2) is 9.02. The topological polar surface area (TPSA) is 103 Å². The first-order valence-corrected chi connectivity index (χ1v) is 11.4. The molecule has 1 saturated heterocycles. The van der Waals surface area contributed by atoms with Crippen LogP contribution in [0.3, 0.4) is 0 Å². The minimum absolute atomic E-state index is 0.129. The molecule has 8 heteroatoms. The van der Waals surface area contributed by atoms with E-state index in [0.717, 1.165) is 29.8 Å². The lowest BCUT2D eigenvalue weighted by Gasteiger charge is -2.40. The Morgan fingerprint density at radius 2 is 2.06 bits per heavy atom. The van der Waals surface area contributed by atoms with Crippen molar-refractivity contribution in [1.29, 1.82) is 5.26 Å². The molecular formula is C26H25N5O3. The highest BCUT2D eigenvalue weighted by Gasteiger charge is 2.34. The van der Waals surface area contributed by atoms with Crippen molar-refractivity contribution in [2.45, 2.75) is 31.4 Å². The quantitative estimate of drug-likeness (QED) is 0.621. The van der Waals surface area contributed by atoms with Gasteiger partial charge in [0.25, 0.3) is 0 Å². The summed E-state index contributed by atoms with van der Waals surface area (Å²) in [5.74, 6) is 1.75. The molecule has 2 aliphatic rings. The Labute approximate surface area is 197 Å². The molecule has 5 rings (SSSR count). The maximum Gasteiger partial charge on any atom is 0.407 e. The summed E-state index contributed by atoms with van der Waals surface area (Å²) in [6, 6.07) is 16.2. The van der Waals surface area contributed by atoms with E-state index in [9.17, 15) is 15.2 Å². The SMILES string of the molecule is C=Cc1nc2c(c(N3CCN(C(=O)O)C(CC#N)C3)n1)CCC(c1cccc3ccccc13)O2. The highest BCUT2D eigenvalue weighted by Crippen LogP contribution is 2.40. The molecule has 0 aliphatic carbocycles. The van der Waals surface area contributed by atoms with Crippen LogP contribution in [0, 0.1) is 11.3 Å². The maximum absolute atomic E-state index is 11.6. The molecule has 2 unspecified atom stereocenters. The van der Waals surface area contributed by atoms with E-state index in [1.165, 1.54) is 15.7 Å². The fourth-order valence-electron chi connectivity index (χ4n) is 4.94. The van der Waals surface area contributed by atoms with E-state index in [-0.39, 0.29) is 12.5 Å². The third-order valence-corrected chi connectivity index (χ3v) is 6.58. The van der Waals surface area contributed by atoms with E-state index in [0.29, 0.717) is 31.3 Å². The monoisotopic (exact) mass is 455 g/mol. The van der Waals surface area contributed by atoms with Crippen LogP contribution < -0.4 is 9.64 Å². The largest absolute Gasteiger partial charge is 0.469 e. The van der Waals surface area contributed by atoms with Crippen molar-refractivity contribution in [1.82, 2.24) is 14.9 Å². The van der Waals surface area contributed by atoms with Gasteiger partial charge in [-0.05, 0) is 29.7 Å². The van der Waals surface area contributed by atoms with Gasteiger partial charge in [-0.25, -0.2) is 9.78 Å². The van der Waals surface area contributed by atoms with Crippen LogP contribution in [0.25, 0.3) is 16.8 Å². The first-order valence-electron chi connectivity index (χ1n) is 11.4. The Balaban J connectivity index is 1.48. The minimum Gasteiger partial charge on any atom is -0.469 e. The molecular weight excluding hydrogens is 430 g/mol. The molecule has 0 spiro atoms. The third-order valence-electron chi connectivity index (χ3n) is 6.58. The molecule has 0 bridgehead atoms. The highest BCUT2D eigenvalue weighted by molar-refractivity contribution is 5.86. The van der Waals surface area contributed by atoms with E-state index in [2.05, 4.69) is 46.8 Å². The van der Waals surface area contributed by atoms with E-state index in [4.69, 9.17) is 9.72 Å². The van der Waals surface area contributed by atoms with Crippen LogP contribution in [0.1, 0.15) is 35.9 Å². The molecule has 3 aromatic rings. The molecule has 2 atom stereocenters. The smallest absolute Gasteiger partial charge is 0.407 e. The highest BCUT2D eigenvalue weighted by atomic mass is 16.5. The Kier molecular flexibility index (Phi) is 5.76. The van der Waals surface area contributed by atoms with E-state index < -0.39 is 12.1 Å². The number of carboxylic acid groups (broad SMARTS) is 1. The van der Waals surface area contributed by atoms with Crippen LogP contribution in [0.15, 0.2) is 49.0 Å². The van der Waals surface area contributed by atoms with Gasteiger partial charge in [-0.1, -0.05) is 49.0 Å². The van der Waals surface area contributed by atoms with Crippen molar-refractivity contribution in [3.8, 4) is 11.9 Å². The van der Waals surface area contributed by atoms with Crippen molar-refractivity contribution >= 4 is 28.8 Å². The van der Waals surface area contributed by atoms with Crippen molar-refractivity contribution in [2.75, 3.05) is 24.5 Å². The average Bonchev–Trinajstić information content (AvgIpc) is 2.87. The lowest BCUT2D eigenvalue weighted by atomic mass is 9.94.